The largest absolute Gasteiger partial charge is 0.487 e. The van der Waals surface area contributed by atoms with Crippen molar-refractivity contribution in [2.75, 3.05) is 5.32 Å². The van der Waals surface area contributed by atoms with Gasteiger partial charge in [0.25, 0.3) is 0 Å². The van der Waals surface area contributed by atoms with Crippen LogP contribution in [0, 0.1) is 0 Å². The lowest BCUT2D eigenvalue weighted by atomic mass is 10.0. The summed E-state index contributed by atoms with van der Waals surface area (Å²) >= 11 is 1.55. The van der Waals surface area contributed by atoms with Crippen molar-refractivity contribution in [3.05, 3.63) is 40.3 Å². The molecule has 1 aliphatic heterocycles. The molecule has 0 saturated heterocycles. The Labute approximate surface area is 109 Å². The number of aryl methyl sites for hydroxylation is 1. The number of amides is 1. The highest BCUT2D eigenvalue weighted by molar-refractivity contribution is 7.07. The molecule has 1 aromatic carbocycles. The molecular weight excluding hydrogens is 248 g/mol. The van der Waals surface area contributed by atoms with Crippen molar-refractivity contribution in [3.8, 4) is 5.75 Å². The van der Waals surface area contributed by atoms with Gasteiger partial charge in [-0.25, -0.2) is 4.98 Å². The molecule has 0 spiro atoms. The Hall–Kier alpha value is -1.88. The maximum absolute atomic E-state index is 11.3. The summed E-state index contributed by atoms with van der Waals surface area (Å²) in [5.74, 6) is 0.822. The minimum absolute atomic E-state index is 0.0687. The van der Waals surface area contributed by atoms with Gasteiger partial charge in [0.2, 0.25) is 5.91 Å². The predicted molar refractivity (Wildman–Crippen MR) is 69.8 cm³/mol. The number of carbonyl (C=O) groups is 1. The van der Waals surface area contributed by atoms with Gasteiger partial charge in [-0.3, -0.25) is 4.79 Å². The molecular formula is C13H12N2O2S. The van der Waals surface area contributed by atoms with Crippen molar-refractivity contribution in [3.63, 3.8) is 0 Å². The number of hydrogen-bond donors (Lipinski definition) is 1. The van der Waals surface area contributed by atoms with E-state index in [-0.39, 0.29) is 5.91 Å². The van der Waals surface area contributed by atoms with Crippen LogP contribution in [0.4, 0.5) is 5.69 Å². The van der Waals surface area contributed by atoms with Crippen molar-refractivity contribution >= 4 is 22.9 Å². The molecule has 4 nitrogen and oxygen atoms in total. The van der Waals surface area contributed by atoms with E-state index in [0.29, 0.717) is 13.0 Å². The Morgan fingerprint density at radius 3 is 3.17 bits per heavy atom. The number of aromatic nitrogens is 1. The Morgan fingerprint density at radius 1 is 1.39 bits per heavy atom. The smallest absolute Gasteiger partial charge is 0.224 e. The minimum atomic E-state index is 0.0687. The van der Waals surface area contributed by atoms with E-state index in [2.05, 4.69) is 10.3 Å². The molecule has 0 atom stereocenters. The van der Waals surface area contributed by atoms with Crippen LogP contribution in [0.25, 0.3) is 0 Å². The summed E-state index contributed by atoms with van der Waals surface area (Å²) in [6, 6.07) is 5.81. The van der Waals surface area contributed by atoms with Crippen LogP contribution in [-0.2, 0) is 17.8 Å². The molecule has 2 heterocycles. The molecule has 0 bridgehead atoms. The molecule has 0 saturated carbocycles. The fourth-order valence-electron chi connectivity index (χ4n) is 1.91. The second-order valence-corrected chi connectivity index (χ2v) is 4.85. The van der Waals surface area contributed by atoms with E-state index < -0.39 is 0 Å². The number of carbonyl (C=O) groups excluding carboxylic acids is 1. The maximum Gasteiger partial charge on any atom is 0.224 e. The van der Waals surface area contributed by atoms with E-state index in [9.17, 15) is 4.79 Å². The molecule has 92 valence electrons. The summed E-state index contributed by atoms with van der Waals surface area (Å²) in [5, 5.41) is 4.82. The summed E-state index contributed by atoms with van der Waals surface area (Å²) in [6.45, 7) is 0.455. The van der Waals surface area contributed by atoms with E-state index in [4.69, 9.17) is 4.74 Å². The lowest BCUT2D eigenvalue weighted by Crippen LogP contribution is -2.18. The molecule has 0 radical (unpaired) electrons. The van der Waals surface area contributed by atoms with Crippen LogP contribution in [0.3, 0.4) is 0 Å². The number of benzene rings is 1. The third-order valence-corrected chi connectivity index (χ3v) is 3.48. The van der Waals surface area contributed by atoms with Crippen molar-refractivity contribution in [2.45, 2.75) is 19.4 Å². The van der Waals surface area contributed by atoms with Gasteiger partial charge in [-0.2, -0.15) is 0 Å². The Bertz CT molecular complexity index is 566. The summed E-state index contributed by atoms with van der Waals surface area (Å²) in [6.07, 6.45) is 1.36. The first-order valence-electron chi connectivity index (χ1n) is 5.74. The number of anilines is 1. The van der Waals surface area contributed by atoms with Crippen LogP contribution in [0.15, 0.2) is 29.1 Å². The first-order valence-corrected chi connectivity index (χ1v) is 6.68. The van der Waals surface area contributed by atoms with Crippen molar-refractivity contribution < 1.29 is 9.53 Å². The predicted octanol–water partition coefficient (Wildman–Crippen LogP) is 2.61. The van der Waals surface area contributed by atoms with E-state index in [0.717, 1.165) is 29.1 Å². The lowest BCUT2D eigenvalue weighted by Gasteiger charge is -2.17. The van der Waals surface area contributed by atoms with Crippen molar-refractivity contribution in [2.24, 2.45) is 0 Å². The second kappa shape index (κ2) is 4.78. The fourth-order valence-corrected chi connectivity index (χ4v) is 2.45. The van der Waals surface area contributed by atoms with Crippen molar-refractivity contribution in [1.29, 1.82) is 0 Å². The Balaban J connectivity index is 1.73. The summed E-state index contributed by atoms with van der Waals surface area (Å²) in [5.41, 5.74) is 4.73. The summed E-state index contributed by atoms with van der Waals surface area (Å²) in [4.78, 5) is 15.5. The van der Waals surface area contributed by atoms with Gasteiger partial charge in [0.1, 0.15) is 12.4 Å². The molecule has 1 amide bonds. The lowest BCUT2D eigenvalue weighted by molar-refractivity contribution is -0.116. The average molecular weight is 260 g/mol. The molecule has 0 aliphatic carbocycles. The topological polar surface area (TPSA) is 51.2 Å². The molecule has 0 fully saturated rings. The molecule has 2 aromatic rings. The maximum atomic E-state index is 11.3. The van der Waals surface area contributed by atoms with Gasteiger partial charge in [-0.15, -0.1) is 11.3 Å². The van der Waals surface area contributed by atoms with Crippen molar-refractivity contribution in [1.82, 2.24) is 4.98 Å². The zero-order valence-electron chi connectivity index (χ0n) is 9.68. The monoisotopic (exact) mass is 260 g/mol. The van der Waals surface area contributed by atoms with Gasteiger partial charge < -0.3 is 10.1 Å². The number of rotatable bonds is 3. The molecule has 1 N–H and O–H groups in total. The van der Waals surface area contributed by atoms with Crippen LogP contribution in [0.2, 0.25) is 0 Å². The van der Waals surface area contributed by atoms with E-state index >= 15 is 0 Å². The highest BCUT2D eigenvalue weighted by atomic mass is 32.1. The van der Waals surface area contributed by atoms with Crippen LogP contribution in [0.1, 0.15) is 17.7 Å². The Kier molecular flexibility index (Phi) is 2.98. The number of ether oxygens (including phenoxy) is 1. The van der Waals surface area contributed by atoms with Crippen LogP contribution >= 0.6 is 11.3 Å². The quantitative estimate of drug-likeness (QED) is 0.923. The third-order valence-electron chi connectivity index (χ3n) is 2.85. The third kappa shape index (κ3) is 2.36. The van der Waals surface area contributed by atoms with Crippen LogP contribution in [0.5, 0.6) is 5.75 Å². The number of nitrogens with zero attached hydrogens (tertiary/aromatic N) is 1. The molecule has 1 aliphatic rings. The molecule has 5 heteroatoms. The zero-order chi connectivity index (χ0) is 12.4. The average Bonchev–Trinajstić information content (AvgIpc) is 2.89. The fraction of sp³-hybridized carbons (Fsp3) is 0.231. The van der Waals surface area contributed by atoms with Gasteiger partial charge in [0.05, 0.1) is 11.2 Å². The number of fused-ring (bicyclic) bond motifs is 1. The van der Waals surface area contributed by atoms with E-state index in [1.807, 2.05) is 23.6 Å². The van der Waals surface area contributed by atoms with Crippen LogP contribution < -0.4 is 10.1 Å². The van der Waals surface area contributed by atoms with Gasteiger partial charge in [0.15, 0.2) is 0 Å². The molecule has 1 aromatic heterocycles. The van der Waals surface area contributed by atoms with Crippen LogP contribution in [-0.4, -0.2) is 10.9 Å². The SMILES string of the molecule is O=C1CCc2ccc(OCc3cscn3)cc2N1. The normalized spacial score (nSPS) is 13.9. The van der Waals surface area contributed by atoms with E-state index in [1.165, 1.54) is 0 Å². The minimum Gasteiger partial charge on any atom is -0.487 e. The molecule has 3 rings (SSSR count). The molecule has 0 unspecified atom stereocenters. The Morgan fingerprint density at radius 2 is 2.33 bits per heavy atom. The number of hydrogen-bond acceptors (Lipinski definition) is 4. The standard InChI is InChI=1S/C13H12N2O2S/c16-13-4-2-9-1-3-11(5-12(9)15-13)17-6-10-7-18-8-14-10/h1,3,5,7-8H,2,4,6H2,(H,15,16). The van der Waals surface area contributed by atoms with Gasteiger partial charge >= 0.3 is 0 Å². The summed E-state index contributed by atoms with van der Waals surface area (Å²) in [7, 11) is 0. The van der Waals surface area contributed by atoms with Gasteiger partial charge in [-0.1, -0.05) is 6.07 Å². The highest BCUT2D eigenvalue weighted by Crippen LogP contribution is 2.27. The first-order chi connectivity index (χ1) is 8.81. The second-order valence-electron chi connectivity index (χ2n) is 4.14. The summed E-state index contributed by atoms with van der Waals surface area (Å²) < 4.78 is 5.64. The molecule has 18 heavy (non-hydrogen) atoms. The number of nitrogens with one attached hydrogen (secondary N) is 1. The van der Waals surface area contributed by atoms with Gasteiger partial charge in [0, 0.05) is 23.6 Å². The first kappa shape index (κ1) is 11.2. The van der Waals surface area contributed by atoms with E-state index in [1.54, 1.807) is 16.8 Å². The highest BCUT2D eigenvalue weighted by Gasteiger charge is 2.15. The zero-order valence-corrected chi connectivity index (χ0v) is 10.5. The number of thiazole rings is 1. The van der Waals surface area contributed by atoms with Gasteiger partial charge in [-0.05, 0) is 18.1 Å².